The first-order valence-electron chi connectivity index (χ1n) is 5.15. The summed E-state index contributed by atoms with van der Waals surface area (Å²) >= 11 is 0. The molecule has 0 heterocycles. The van der Waals surface area contributed by atoms with Gasteiger partial charge in [0.15, 0.2) is 0 Å². The molecule has 18 heavy (non-hydrogen) atoms. The summed E-state index contributed by atoms with van der Waals surface area (Å²) in [4.78, 5) is 1.79. The van der Waals surface area contributed by atoms with E-state index in [1.165, 1.54) is 0 Å². The molecule has 0 aromatic rings. The second-order valence-corrected chi connectivity index (χ2v) is 6.94. The van der Waals surface area contributed by atoms with E-state index >= 15 is 0 Å². The van der Waals surface area contributed by atoms with Crippen LogP contribution in [0.3, 0.4) is 0 Å². The van der Waals surface area contributed by atoms with E-state index in [-0.39, 0.29) is 13.1 Å². The Kier molecular flexibility index (Phi) is 7.33. The highest BCUT2D eigenvalue weighted by molar-refractivity contribution is 7.92. The molecule has 0 radical (unpaired) electrons. The number of hydrogen-bond donors (Lipinski definition) is 2. The van der Waals surface area contributed by atoms with E-state index in [0.29, 0.717) is 13.1 Å². The monoisotopic (exact) mass is 297 g/mol. The Labute approximate surface area is 109 Å². The Balaban J connectivity index is 3.83. The molecule has 0 spiro atoms. The van der Waals surface area contributed by atoms with Crippen LogP contribution in [0.15, 0.2) is 24.0 Å². The molecule has 0 saturated heterocycles. The summed E-state index contributed by atoms with van der Waals surface area (Å²) in [5, 5.41) is 1.68. The highest BCUT2D eigenvalue weighted by atomic mass is 32.2. The van der Waals surface area contributed by atoms with E-state index < -0.39 is 20.0 Å². The minimum Gasteiger partial charge on any atom is -0.304 e. The molecule has 9 heteroatoms. The Bertz CT molecular complexity index is 426. The first-order valence-corrected chi connectivity index (χ1v) is 8.24. The Morgan fingerprint density at radius 1 is 0.944 bits per heavy atom. The van der Waals surface area contributed by atoms with Gasteiger partial charge < -0.3 is 4.90 Å². The van der Waals surface area contributed by atoms with Crippen molar-refractivity contribution in [3.05, 3.63) is 24.0 Å². The van der Waals surface area contributed by atoms with Crippen LogP contribution in [0, 0.1) is 0 Å². The molecule has 2 N–H and O–H groups in total. The van der Waals surface area contributed by atoms with Gasteiger partial charge in [-0.25, -0.2) is 26.3 Å². The van der Waals surface area contributed by atoms with Gasteiger partial charge in [0.05, 0.1) is 0 Å². The summed E-state index contributed by atoms with van der Waals surface area (Å²) < 4.78 is 48.7. The molecule has 0 bridgehead atoms. The highest BCUT2D eigenvalue weighted by Gasteiger charge is 2.06. The van der Waals surface area contributed by atoms with Gasteiger partial charge in [0.1, 0.15) is 0 Å². The molecule has 0 fully saturated rings. The van der Waals surface area contributed by atoms with Crippen LogP contribution in [0.1, 0.15) is 0 Å². The van der Waals surface area contributed by atoms with Gasteiger partial charge in [0.2, 0.25) is 20.0 Å². The second-order valence-electron chi connectivity index (χ2n) is 3.52. The van der Waals surface area contributed by atoms with Crippen LogP contribution in [-0.4, -0.2) is 55.0 Å². The maximum atomic E-state index is 11.0. The zero-order valence-electron chi connectivity index (χ0n) is 10.3. The largest absolute Gasteiger partial charge is 0.304 e. The van der Waals surface area contributed by atoms with E-state index in [0.717, 1.165) is 10.8 Å². The molecule has 106 valence electrons. The van der Waals surface area contributed by atoms with E-state index in [1.807, 2.05) is 0 Å². The first kappa shape index (κ1) is 17.3. The third kappa shape index (κ3) is 8.37. The summed E-state index contributed by atoms with van der Waals surface area (Å²) in [6, 6.07) is 0. The maximum absolute atomic E-state index is 11.0. The normalized spacial score (nSPS) is 12.6. The van der Waals surface area contributed by atoms with Crippen molar-refractivity contribution >= 4 is 20.0 Å². The molecule has 0 rings (SSSR count). The lowest BCUT2D eigenvalue weighted by atomic mass is 10.5. The third-order valence-electron chi connectivity index (χ3n) is 2.03. The van der Waals surface area contributed by atoms with Gasteiger partial charge in [-0.3, -0.25) is 0 Å². The van der Waals surface area contributed by atoms with Crippen LogP contribution in [0.2, 0.25) is 0 Å². The molecule has 0 aliphatic heterocycles. The Hall–Kier alpha value is -0.740. The first-order chi connectivity index (χ1) is 8.22. The molecular formula is C9H19N3O4S2. The fraction of sp³-hybridized carbons (Fsp3) is 0.556. The molecule has 0 saturated carbocycles. The average molecular weight is 297 g/mol. The molecule has 0 aromatic carbocycles. The summed E-state index contributed by atoms with van der Waals surface area (Å²) in [5.74, 6) is 0. The number of nitrogens with one attached hydrogen (secondary N) is 2. The van der Waals surface area contributed by atoms with Crippen molar-refractivity contribution in [3.8, 4) is 0 Å². The van der Waals surface area contributed by atoms with Gasteiger partial charge in [-0.05, 0) is 7.05 Å². The molecule has 0 aliphatic carbocycles. The molecular weight excluding hydrogens is 278 g/mol. The smallest absolute Gasteiger partial charge is 0.233 e. The zero-order chi connectivity index (χ0) is 14.2. The van der Waals surface area contributed by atoms with Gasteiger partial charge >= 0.3 is 0 Å². The second kappa shape index (κ2) is 7.64. The van der Waals surface area contributed by atoms with Gasteiger partial charge in [0.25, 0.3) is 0 Å². The van der Waals surface area contributed by atoms with Crippen molar-refractivity contribution in [2.45, 2.75) is 0 Å². The van der Waals surface area contributed by atoms with Crippen LogP contribution in [0.4, 0.5) is 0 Å². The SMILES string of the molecule is C=CS(=O)(=O)NCCN(C)CCNS(=O)(=O)C=C. The van der Waals surface area contributed by atoms with Gasteiger partial charge in [-0.1, -0.05) is 13.2 Å². The fourth-order valence-electron chi connectivity index (χ4n) is 0.987. The minimum absolute atomic E-state index is 0.235. The Morgan fingerprint density at radius 3 is 1.56 bits per heavy atom. The lowest BCUT2D eigenvalue weighted by molar-refractivity contribution is 0.344. The predicted molar refractivity (Wildman–Crippen MR) is 71.7 cm³/mol. The summed E-state index contributed by atoms with van der Waals surface area (Å²) in [6.45, 7) is 7.72. The summed E-state index contributed by atoms with van der Waals surface area (Å²) in [5.41, 5.74) is 0. The molecule has 0 atom stereocenters. The number of hydrogen-bond acceptors (Lipinski definition) is 5. The third-order valence-corrected chi connectivity index (χ3v) is 4.12. The zero-order valence-corrected chi connectivity index (χ0v) is 11.9. The van der Waals surface area contributed by atoms with Crippen molar-refractivity contribution in [2.24, 2.45) is 0 Å². The van der Waals surface area contributed by atoms with Crippen LogP contribution in [-0.2, 0) is 20.0 Å². The lowest BCUT2D eigenvalue weighted by Gasteiger charge is -2.16. The van der Waals surface area contributed by atoms with Crippen molar-refractivity contribution in [2.75, 3.05) is 33.2 Å². The van der Waals surface area contributed by atoms with Crippen LogP contribution in [0.5, 0.6) is 0 Å². The van der Waals surface area contributed by atoms with Crippen molar-refractivity contribution in [1.29, 1.82) is 0 Å². The quantitative estimate of drug-likeness (QED) is 0.542. The summed E-state index contributed by atoms with van der Waals surface area (Å²) in [7, 11) is -5.05. The number of sulfonamides is 2. The van der Waals surface area contributed by atoms with E-state index in [4.69, 9.17) is 0 Å². The minimum atomic E-state index is -3.40. The number of nitrogens with zero attached hydrogens (tertiary/aromatic N) is 1. The number of rotatable bonds is 10. The van der Waals surface area contributed by atoms with E-state index in [1.54, 1.807) is 11.9 Å². The van der Waals surface area contributed by atoms with Gasteiger partial charge in [0, 0.05) is 37.0 Å². The topological polar surface area (TPSA) is 95.6 Å². The fourth-order valence-corrected chi connectivity index (χ4v) is 1.97. The molecule has 0 aliphatic rings. The molecule has 0 amide bonds. The Morgan fingerprint density at radius 2 is 1.28 bits per heavy atom. The average Bonchev–Trinajstić information content (AvgIpc) is 2.28. The van der Waals surface area contributed by atoms with E-state index in [2.05, 4.69) is 22.6 Å². The lowest BCUT2D eigenvalue weighted by Crippen LogP contribution is -2.36. The molecule has 0 aromatic heterocycles. The van der Waals surface area contributed by atoms with Crippen LogP contribution >= 0.6 is 0 Å². The van der Waals surface area contributed by atoms with Gasteiger partial charge in [-0.15, -0.1) is 0 Å². The summed E-state index contributed by atoms with van der Waals surface area (Å²) in [6.07, 6.45) is 0. The highest BCUT2D eigenvalue weighted by Crippen LogP contribution is 1.87. The maximum Gasteiger partial charge on any atom is 0.233 e. The van der Waals surface area contributed by atoms with Crippen molar-refractivity contribution in [3.63, 3.8) is 0 Å². The van der Waals surface area contributed by atoms with Crippen LogP contribution < -0.4 is 9.44 Å². The van der Waals surface area contributed by atoms with Crippen LogP contribution in [0.25, 0.3) is 0 Å². The number of likely N-dealkylation sites (N-methyl/N-ethyl adjacent to an activating group) is 1. The van der Waals surface area contributed by atoms with E-state index in [9.17, 15) is 16.8 Å². The van der Waals surface area contributed by atoms with Crippen molar-refractivity contribution < 1.29 is 16.8 Å². The molecule has 0 unspecified atom stereocenters. The van der Waals surface area contributed by atoms with Gasteiger partial charge in [-0.2, -0.15) is 0 Å². The molecule has 7 nitrogen and oxygen atoms in total. The standard InChI is InChI=1S/C9H19N3O4S2/c1-4-17(13,14)10-6-8-12(3)9-7-11-18(15,16)5-2/h4-5,10-11H,1-2,6-9H2,3H3. The van der Waals surface area contributed by atoms with Crippen molar-refractivity contribution in [1.82, 2.24) is 14.3 Å². The predicted octanol–water partition coefficient (Wildman–Crippen LogP) is -0.956.